The number of phenols is 1. The summed E-state index contributed by atoms with van der Waals surface area (Å²) >= 11 is 4.52. The predicted molar refractivity (Wildman–Crippen MR) is 148 cm³/mol. The Morgan fingerprint density at radius 2 is 2.03 bits per heavy atom. The molecule has 0 unspecified atom stereocenters. The first-order chi connectivity index (χ1) is 18.4. The molecule has 5 rings (SSSR count). The molecule has 2 atom stereocenters. The monoisotopic (exact) mass is 568 g/mol. The molecule has 2 aliphatic rings. The van der Waals surface area contributed by atoms with E-state index >= 15 is 0 Å². The lowest BCUT2D eigenvalue weighted by Gasteiger charge is -2.48. The zero-order chi connectivity index (χ0) is 26.6. The first-order valence-corrected chi connectivity index (χ1v) is 14.5. The number of phenolic OH excluding ortho intramolecular Hbond substituents is 1. The fourth-order valence-corrected chi connectivity index (χ4v) is 7.24. The van der Waals surface area contributed by atoms with E-state index in [0.717, 1.165) is 20.5 Å². The predicted octanol–water partition coefficient (Wildman–Crippen LogP) is 4.05. The van der Waals surface area contributed by atoms with Crippen molar-refractivity contribution in [2.75, 3.05) is 18.6 Å². The molecule has 0 aliphatic carbocycles. The van der Waals surface area contributed by atoms with Crippen LogP contribution in [0, 0.1) is 6.92 Å². The number of thioether (sulfide) groups is 2. The number of rotatable bonds is 9. The smallest absolute Gasteiger partial charge is 0.355 e. The van der Waals surface area contributed by atoms with Crippen LogP contribution in [0.5, 0.6) is 11.5 Å². The molecule has 12 heteroatoms. The molecule has 0 spiro atoms. The van der Waals surface area contributed by atoms with Crippen LogP contribution in [0.2, 0.25) is 0 Å². The zero-order valence-corrected chi connectivity index (χ0v) is 23.0. The van der Waals surface area contributed by atoms with Crippen LogP contribution in [0.15, 0.2) is 69.1 Å². The Bertz CT molecular complexity index is 1410. The molecule has 38 heavy (non-hydrogen) atoms. The number of ether oxygens (including phenoxy) is 2. The summed E-state index contributed by atoms with van der Waals surface area (Å²) in [7, 11) is 1.59. The topological polar surface area (TPSA) is 114 Å². The first-order valence-electron chi connectivity index (χ1n) is 11.7. The number of carbonyl (C=O) groups excluding carboxylic acids is 2. The van der Waals surface area contributed by atoms with Crippen LogP contribution in [0.25, 0.3) is 0 Å². The van der Waals surface area contributed by atoms with Crippen molar-refractivity contribution in [2.24, 2.45) is 4.99 Å². The molecule has 9 nitrogen and oxygen atoms in total. The number of benzene rings is 2. The number of para-hydroxylation sites is 1. The SMILES string of the molecule is COc1ccc(COC(=O)C2=C(CSc3nnc(C)s3)CS[C@@H]3[C@H](N=Cc4ccccc4O)C(=O)N23)cc1. The van der Waals surface area contributed by atoms with Crippen molar-refractivity contribution in [3.8, 4) is 11.5 Å². The van der Waals surface area contributed by atoms with Gasteiger partial charge in [-0.2, -0.15) is 0 Å². The van der Waals surface area contributed by atoms with Crippen LogP contribution < -0.4 is 4.74 Å². The molecule has 2 aliphatic heterocycles. The van der Waals surface area contributed by atoms with Crippen molar-refractivity contribution < 1.29 is 24.2 Å². The summed E-state index contributed by atoms with van der Waals surface area (Å²) in [5.41, 5.74) is 2.41. The van der Waals surface area contributed by atoms with E-state index in [9.17, 15) is 14.7 Å². The van der Waals surface area contributed by atoms with Crippen LogP contribution in [0.4, 0.5) is 0 Å². The van der Waals surface area contributed by atoms with E-state index in [1.165, 1.54) is 34.2 Å². The number of nitrogens with zero attached hydrogens (tertiary/aromatic N) is 4. The summed E-state index contributed by atoms with van der Waals surface area (Å²) in [5.74, 6) is 1.00. The minimum Gasteiger partial charge on any atom is -0.507 e. The lowest BCUT2D eigenvalue weighted by molar-refractivity contribution is -0.151. The van der Waals surface area contributed by atoms with Gasteiger partial charge >= 0.3 is 5.97 Å². The maximum atomic E-state index is 13.4. The molecule has 0 saturated carbocycles. The molecule has 1 saturated heterocycles. The maximum Gasteiger partial charge on any atom is 0.355 e. The lowest BCUT2D eigenvalue weighted by atomic mass is 10.0. The zero-order valence-electron chi connectivity index (χ0n) is 20.6. The molecule has 3 heterocycles. The van der Waals surface area contributed by atoms with Crippen molar-refractivity contribution in [3.05, 3.63) is 75.9 Å². The molecule has 0 radical (unpaired) electrons. The number of fused-ring (bicyclic) bond motifs is 1. The molecule has 0 bridgehead atoms. The van der Waals surface area contributed by atoms with Gasteiger partial charge in [-0.1, -0.05) is 47.4 Å². The Hall–Kier alpha value is -3.35. The number of aromatic nitrogens is 2. The van der Waals surface area contributed by atoms with Crippen molar-refractivity contribution in [2.45, 2.75) is 29.3 Å². The second-order valence-corrected chi connectivity index (χ2v) is 12.0. The van der Waals surface area contributed by atoms with E-state index in [4.69, 9.17) is 9.47 Å². The van der Waals surface area contributed by atoms with Gasteiger partial charge in [0.15, 0.2) is 10.4 Å². The summed E-state index contributed by atoms with van der Waals surface area (Å²) in [6, 6.07) is 13.4. The highest BCUT2D eigenvalue weighted by molar-refractivity contribution is 8.01. The number of amides is 1. The number of aliphatic imine (C=N–C) groups is 1. The summed E-state index contributed by atoms with van der Waals surface area (Å²) in [4.78, 5) is 32.6. The van der Waals surface area contributed by atoms with Gasteiger partial charge in [0.1, 0.15) is 34.2 Å². The average molecular weight is 569 g/mol. The summed E-state index contributed by atoms with van der Waals surface area (Å²) in [6.07, 6.45) is 1.50. The average Bonchev–Trinajstić information content (AvgIpc) is 3.36. The normalized spacial score (nSPS) is 18.9. The van der Waals surface area contributed by atoms with Gasteiger partial charge in [0.2, 0.25) is 0 Å². The van der Waals surface area contributed by atoms with E-state index in [0.29, 0.717) is 22.8 Å². The Kier molecular flexibility index (Phi) is 8.01. The highest BCUT2D eigenvalue weighted by Gasteiger charge is 2.53. The second kappa shape index (κ2) is 11.6. The summed E-state index contributed by atoms with van der Waals surface area (Å²) < 4.78 is 11.6. The third kappa shape index (κ3) is 5.57. The number of esters is 1. The van der Waals surface area contributed by atoms with Crippen molar-refractivity contribution in [3.63, 3.8) is 0 Å². The molecule has 196 valence electrons. The molecule has 1 aromatic heterocycles. The lowest BCUT2D eigenvalue weighted by Crippen LogP contribution is -2.64. The highest BCUT2D eigenvalue weighted by Crippen LogP contribution is 2.43. The van der Waals surface area contributed by atoms with Gasteiger partial charge in [-0.05, 0) is 42.3 Å². The molecule has 2 aromatic carbocycles. The van der Waals surface area contributed by atoms with Crippen molar-refractivity contribution in [1.29, 1.82) is 0 Å². The van der Waals surface area contributed by atoms with Gasteiger partial charge in [0, 0.05) is 23.3 Å². The quantitative estimate of drug-likeness (QED) is 0.177. The van der Waals surface area contributed by atoms with Gasteiger partial charge in [-0.25, -0.2) is 4.79 Å². The standard InChI is InChI=1S/C26H24N4O5S3/c1-15-28-29-26(38-15)37-14-18-13-36-24-21(27-11-17-5-3-4-6-20(17)31)23(32)30(24)22(18)25(33)35-12-16-7-9-19(34-2)10-8-16/h3-11,21,24,31H,12-14H2,1-2H3/t21-,24-/m1/s1. The van der Waals surface area contributed by atoms with E-state index in [2.05, 4.69) is 15.2 Å². The summed E-state index contributed by atoms with van der Waals surface area (Å²) in [5, 5.41) is 18.8. The Morgan fingerprint density at radius 1 is 1.24 bits per heavy atom. The van der Waals surface area contributed by atoms with Gasteiger partial charge in [-0.3, -0.25) is 14.7 Å². The first kappa shape index (κ1) is 26.3. The molecule has 1 amide bonds. The van der Waals surface area contributed by atoms with E-state index in [1.807, 2.05) is 19.1 Å². The molecular weight excluding hydrogens is 545 g/mol. The van der Waals surface area contributed by atoms with Gasteiger partial charge in [-0.15, -0.1) is 22.0 Å². The van der Waals surface area contributed by atoms with Gasteiger partial charge in [0.25, 0.3) is 5.91 Å². The fraction of sp³-hybridized carbons (Fsp3) is 0.269. The second-order valence-electron chi connectivity index (χ2n) is 8.44. The number of aryl methyl sites for hydroxylation is 1. The number of methoxy groups -OCH3 is 1. The van der Waals surface area contributed by atoms with Crippen molar-refractivity contribution >= 4 is 53.0 Å². The van der Waals surface area contributed by atoms with E-state index in [1.54, 1.807) is 55.3 Å². The third-order valence-corrected chi connectivity index (χ3v) is 9.31. The van der Waals surface area contributed by atoms with Crippen LogP contribution >= 0.6 is 34.9 Å². The maximum absolute atomic E-state index is 13.4. The number of carbonyl (C=O) groups is 2. The minimum absolute atomic E-state index is 0.0665. The Labute approximate surface area is 232 Å². The number of hydrogen-bond acceptors (Lipinski definition) is 11. The number of hydrogen-bond donors (Lipinski definition) is 1. The molecular formula is C26H24N4O5S3. The van der Waals surface area contributed by atoms with Crippen LogP contribution in [0.3, 0.4) is 0 Å². The Morgan fingerprint density at radius 3 is 2.74 bits per heavy atom. The Balaban J connectivity index is 1.35. The minimum atomic E-state index is -0.649. The van der Waals surface area contributed by atoms with Crippen molar-refractivity contribution in [1.82, 2.24) is 15.1 Å². The third-order valence-electron chi connectivity index (χ3n) is 5.93. The van der Waals surface area contributed by atoms with Crippen LogP contribution in [-0.4, -0.2) is 68.3 Å². The van der Waals surface area contributed by atoms with E-state index in [-0.39, 0.29) is 29.3 Å². The van der Waals surface area contributed by atoms with Gasteiger partial charge in [0.05, 0.1) is 7.11 Å². The van der Waals surface area contributed by atoms with Crippen LogP contribution in [-0.2, 0) is 20.9 Å². The largest absolute Gasteiger partial charge is 0.507 e. The van der Waals surface area contributed by atoms with E-state index < -0.39 is 12.0 Å². The van der Waals surface area contributed by atoms with Crippen LogP contribution in [0.1, 0.15) is 16.1 Å². The van der Waals surface area contributed by atoms with Gasteiger partial charge < -0.3 is 14.6 Å². The molecule has 1 N–H and O–H groups in total. The number of aromatic hydroxyl groups is 1. The fourth-order valence-electron chi connectivity index (χ4n) is 3.95. The number of β-lactam (4-membered cyclic amide) rings is 1. The summed E-state index contributed by atoms with van der Waals surface area (Å²) in [6.45, 7) is 1.95. The molecule has 3 aromatic rings. The molecule has 1 fully saturated rings. The highest BCUT2D eigenvalue weighted by atomic mass is 32.2.